The van der Waals surface area contributed by atoms with E-state index in [4.69, 9.17) is 0 Å². The molecule has 1 aliphatic rings. The molecule has 0 unspecified atom stereocenters. The van der Waals surface area contributed by atoms with Gasteiger partial charge in [0, 0.05) is 75.6 Å². The van der Waals surface area contributed by atoms with Crippen molar-refractivity contribution < 1.29 is 9.59 Å². The van der Waals surface area contributed by atoms with Crippen molar-refractivity contribution in [3.8, 4) is 11.3 Å². The number of hydrogen-bond donors (Lipinski definition) is 2. The number of hydrogen-bond acceptors (Lipinski definition) is 8. The molecule has 39 heavy (non-hydrogen) atoms. The molecule has 10 nitrogen and oxygen atoms in total. The number of fused-ring (bicyclic) bond motifs is 1. The second-order valence-corrected chi connectivity index (χ2v) is 9.76. The summed E-state index contributed by atoms with van der Waals surface area (Å²) in [5.74, 6) is 2.04. The second-order valence-electron chi connectivity index (χ2n) is 9.76. The van der Waals surface area contributed by atoms with Crippen LogP contribution in [0.25, 0.3) is 22.2 Å². The molecule has 0 saturated carbocycles. The highest BCUT2D eigenvalue weighted by Gasteiger charge is 2.21. The highest BCUT2D eigenvalue weighted by molar-refractivity contribution is 6.06. The van der Waals surface area contributed by atoms with Gasteiger partial charge in [-0.3, -0.25) is 14.6 Å². The summed E-state index contributed by atoms with van der Waals surface area (Å²) >= 11 is 0. The van der Waals surface area contributed by atoms with E-state index in [-0.39, 0.29) is 11.8 Å². The zero-order valence-corrected chi connectivity index (χ0v) is 22.2. The molecule has 4 aromatic rings. The van der Waals surface area contributed by atoms with Gasteiger partial charge in [-0.15, -0.1) is 0 Å². The van der Waals surface area contributed by atoms with E-state index >= 15 is 0 Å². The van der Waals surface area contributed by atoms with Gasteiger partial charge in [-0.25, -0.2) is 19.9 Å². The van der Waals surface area contributed by atoms with E-state index in [1.807, 2.05) is 41.6 Å². The zero-order valence-electron chi connectivity index (χ0n) is 22.2. The maximum atomic E-state index is 12.2. The molecule has 3 aromatic heterocycles. The van der Waals surface area contributed by atoms with E-state index in [2.05, 4.69) is 35.6 Å². The highest BCUT2D eigenvalue weighted by atomic mass is 16.2. The molecule has 0 spiro atoms. The van der Waals surface area contributed by atoms with Gasteiger partial charge in [0.05, 0.1) is 16.8 Å². The fraction of sp³-hybridized carbons (Fsp3) is 0.345. The molecule has 2 amide bonds. The lowest BCUT2D eigenvalue weighted by Crippen LogP contribution is -2.37. The number of anilines is 1. The lowest BCUT2D eigenvalue weighted by molar-refractivity contribution is -0.130. The highest BCUT2D eigenvalue weighted by Crippen LogP contribution is 2.23. The van der Waals surface area contributed by atoms with E-state index in [1.165, 1.54) is 6.33 Å². The minimum absolute atomic E-state index is 0.127. The molecule has 1 fully saturated rings. The van der Waals surface area contributed by atoms with Gasteiger partial charge in [-0.05, 0) is 36.8 Å². The number of amides is 2. The monoisotopic (exact) mass is 524 g/mol. The molecule has 0 aliphatic carbocycles. The van der Waals surface area contributed by atoms with Crippen molar-refractivity contribution in [3.05, 3.63) is 72.2 Å². The van der Waals surface area contributed by atoms with Crippen LogP contribution in [0.4, 0.5) is 5.82 Å². The molecule has 1 aromatic carbocycles. The van der Waals surface area contributed by atoms with Crippen LogP contribution in [0.2, 0.25) is 0 Å². The smallest absolute Gasteiger partial charge is 0.251 e. The summed E-state index contributed by atoms with van der Waals surface area (Å²) in [6.45, 7) is 3.88. The Labute approximate surface area is 227 Å². The number of carbonyl (C=O) groups is 2. The van der Waals surface area contributed by atoms with Crippen molar-refractivity contribution in [2.24, 2.45) is 5.92 Å². The second kappa shape index (κ2) is 11.9. The number of carbonyl (C=O) groups excluding carboxylic acids is 2. The molecule has 0 atom stereocenters. The summed E-state index contributed by atoms with van der Waals surface area (Å²) < 4.78 is 0. The lowest BCUT2D eigenvalue weighted by atomic mass is 9.93. The van der Waals surface area contributed by atoms with Gasteiger partial charge in [-0.2, -0.15) is 0 Å². The van der Waals surface area contributed by atoms with Crippen molar-refractivity contribution in [2.75, 3.05) is 32.0 Å². The normalized spacial score (nSPS) is 13.8. The summed E-state index contributed by atoms with van der Waals surface area (Å²) in [5.41, 5.74) is 4.07. The molecular formula is C29H32N8O2. The van der Waals surface area contributed by atoms with Crippen LogP contribution in [0.1, 0.15) is 41.5 Å². The zero-order chi connectivity index (χ0) is 27.2. The molecule has 1 aliphatic heterocycles. The van der Waals surface area contributed by atoms with Crippen LogP contribution in [-0.2, 0) is 17.6 Å². The first kappa shape index (κ1) is 26.1. The molecule has 5 rings (SSSR count). The fourth-order valence-electron chi connectivity index (χ4n) is 5.01. The summed E-state index contributed by atoms with van der Waals surface area (Å²) in [4.78, 5) is 48.1. The maximum absolute atomic E-state index is 12.2. The quantitative estimate of drug-likeness (QED) is 0.360. The average molecular weight is 525 g/mol. The number of para-hydroxylation sites is 1. The molecule has 0 radical (unpaired) electrons. The first-order valence-electron chi connectivity index (χ1n) is 13.2. The van der Waals surface area contributed by atoms with Gasteiger partial charge in [0.25, 0.3) is 5.91 Å². The van der Waals surface area contributed by atoms with E-state index in [0.717, 1.165) is 65.9 Å². The standard InChI is InChI=1S/C29H32N8O2/c1-19(38)37-12-8-20(9-13-37)14-26-33-16-22(17-34-26)25-15-27(36-18-35-25)31-10-6-21-4-3-5-23-24(29(39)30-2)7-11-32-28(21)23/h3-5,7,11,15-18,20H,6,8-10,12-14H2,1-2H3,(H,30,39)(H,31,35,36). The van der Waals surface area contributed by atoms with Crippen LogP contribution in [0.5, 0.6) is 0 Å². The van der Waals surface area contributed by atoms with Crippen molar-refractivity contribution in [2.45, 2.75) is 32.6 Å². The van der Waals surface area contributed by atoms with Crippen LogP contribution in [-0.4, -0.2) is 68.3 Å². The Morgan fingerprint density at radius 2 is 1.82 bits per heavy atom. The van der Waals surface area contributed by atoms with Crippen molar-refractivity contribution in [3.63, 3.8) is 0 Å². The third-order valence-corrected chi connectivity index (χ3v) is 7.23. The largest absolute Gasteiger partial charge is 0.370 e. The van der Waals surface area contributed by atoms with Crippen LogP contribution in [0.15, 0.2) is 55.2 Å². The first-order valence-corrected chi connectivity index (χ1v) is 13.2. The number of pyridine rings is 1. The third kappa shape index (κ3) is 6.17. The summed E-state index contributed by atoms with van der Waals surface area (Å²) in [7, 11) is 1.63. The predicted octanol–water partition coefficient (Wildman–Crippen LogP) is 3.30. The van der Waals surface area contributed by atoms with Crippen LogP contribution in [0, 0.1) is 5.92 Å². The number of likely N-dealkylation sites (tertiary alicyclic amines) is 1. The Bertz CT molecular complexity index is 1470. The average Bonchev–Trinajstić information content (AvgIpc) is 2.97. The topological polar surface area (TPSA) is 126 Å². The Morgan fingerprint density at radius 1 is 1.03 bits per heavy atom. The minimum Gasteiger partial charge on any atom is -0.370 e. The minimum atomic E-state index is -0.127. The molecular weight excluding hydrogens is 492 g/mol. The van der Waals surface area contributed by atoms with Gasteiger partial charge < -0.3 is 15.5 Å². The number of nitrogens with one attached hydrogen (secondary N) is 2. The van der Waals surface area contributed by atoms with Crippen molar-refractivity contribution in [1.29, 1.82) is 0 Å². The van der Waals surface area contributed by atoms with E-state index in [0.29, 0.717) is 30.3 Å². The number of nitrogens with zero attached hydrogens (tertiary/aromatic N) is 6. The van der Waals surface area contributed by atoms with Crippen LogP contribution >= 0.6 is 0 Å². The Morgan fingerprint density at radius 3 is 2.56 bits per heavy atom. The number of benzene rings is 1. The Balaban J connectivity index is 1.20. The number of piperidine rings is 1. The van der Waals surface area contributed by atoms with Crippen LogP contribution < -0.4 is 10.6 Å². The summed E-state index contributed by atoms with van der Waals surface area (Å²) in [6, 6.07) is 9.53. The van der Waals surface area contributed by atoms with E-state index in [9.17, 15) is 9.59 Å². The van der Waals surface area contributed by atoms with Gasteiger partial charge in [0.2, 0.25) is 5.91 Å². The molecule has 0 bridgehead atoms. The number of aromatic nitrogens is 5. The SMILES string of the molecule is CNC(=O)c1ccnc2c(CCNc3cc(-c4cnc(CC5CCN(C(C)=O)CC5)nc4)ncn3)cccc12. The summed E-state index contributed by atoms with van der Waals surface area (Å²) in [5, 5.41) is 6.89. The molecule has 4 heterocycles. The van der Waals surface area contributed by atoms with Crippen LogP contribution in [0.3, 0.4) is 0 Å². The third-order valence-electron chi connectivity index (χ3n) is 7.23. The van der Waals surface area contributed by atoms with Gasteiger partial charge in [0.1, 0.15) is 18.0 Å². The Hall–Kier alpha value is -4.47. The van der Waals surface area contributed by atoms with Gasteiger partial charge in [-0.1, -0.05) is 18.2 Å². The Kier molecular flexibility index (Phi) is 8.00. The van der Waals surface area contributed by atoms with Crippen molar-refractivity contribution >= 4 is 28.5 Å². The van der Waals surface area contributed by atoms with Gasteiger partial charge >= 0.3 is 0 Å². The molecule has 10 heteroatoms. The van der Waals surface area contributed by atoms with Crippen molar-refractivity contribution in [1.82, 2.24) is 35.1 Å². The van der Waals surface area contributed by atoms with Gasteiger partial charge in [0.15, 0.2) is 0 Å². The van der Waals surface area contributed by atoms with E-state index in [1.54, 1.807) is 26.2 Å². The maximum Gasteiger partial charge on any atom is 0.251 e. The molecule has 2 N–H and O–H groups in total. The van der Waals surface area contributed by atoms with E-state index < -0.39 is 0 Å². The fourth-order valence-corrected chi connectivity index (χ4v) is 5.01. The predicted molar refractivity (Wildman–Crippen MR) is 149 cm³/mol. The molecule has 200 valence electrons. The number of rotatable bonds is 8. The molecule has 1 saturated heterocycles. The first-order chi connectivity index (χ1) is 19.0. The lowest BCUT2D eigenvalue weighted by Gasteiger charge is -2.30. The summed E-state index contributed by atoms with van der Waals surface area (Å²) in [6.07, 6.45) is 10.3.